The van der Waals surface area contributed by atoms with Crippen molar-refractivity contribution in [1.29, 1.82) is 0 Å². The molecule has 12 heavy (non-hydrogen) atoms. The fourth-order valence-corrected chi connectivity index (χ4v) is 2.71. The van der Waals surface area contributed by atoms with Crippen molar-refractivity contribution < 1.29 is 5.11 Å². The van der Waals surface area contributed by atoms with Gasteiger partial charge in [-0.3, -0.25) is 0 Å². The first-order valence-corrected chi connectivity index (χ1v) is 4.81. The Labute approximate surface area is 75.8 Å². The largest absolute Gasteiger partial charge is 0.402 e. The topological polar surface area (TPSA) is 46.2 Å². The van der Waals surface area contributed by atoms with Gasteiger partial charge in [-0.05, 0) is 6.08 Å². The molecule has 0 bridgehead atoms. The molecule has 0 radical (unpaired) electrons. The van der Waals surface area contributed by atoms with Gasteiger partial charge in [0.2, 0.25) is 0 Å². The average Bonchev–Trinajstić information content (AvgIpc) is 2.49. The van der Waals surface area contributed by atoms with E-state index in [0.717, 1.165) is 10.6 Å². The van der Waals surface area contributed by atoms with Crippen LogP contribution in [0.15, 0.2) is 34.9 Å². The lowest BCUT2D eigenvalue weighted by Gasteiger charge is -2.18. The molecule has 3 N–H and O–H groups in total. The molecule has 0 fully saturated rings. The SMILES string of the molecule is NC1=CC=CC2SC(CO)=CC12. The van der Waals surface area contributed by atoms with Crippen molar-refractivity contribution in [2.45, 2.75) is 5.25 Å². The second-order valence-corrected chi connectivity index (χ2v) is 4.26. The molecule has 0 aromatic heterocycles. The van der Waals surface area contributed by atoms with Crippen LogP contribution in [0, 0.1) is 5.92 Å². The van der Waals surface area contributed by atoms with Crippen molar-refractivity contribution >= 4 is 11.8 Å². The molecular formula is C9H11NOS. The molecule has 0 spiro atoms. The quantitative estimate of drug-likeness (QED) is 0.634. The lowest BCUT2D eigenvalue weighted by Crippen LogP contribution is -2.19. The average molecular weight is 181 g/mol. The zero-order valence-corrected chi connectivity index (χ0v) is 7.42. The summed E-state index contributed by atoms with van der Waals surface area (Å²) in [6, 6.07) is 0. The minimum absolute atomic E-state index is 0.138. The predicted molar refractivity (Wildman–Crippen MR) is 51.4 cm³/mol. The van der Waals surface area contributed by atoms with E-state index in [1.165, 1.54) is 0 Å². The summed E-state index contributed by atoms with van der Waals surface area (Å²) in [5.74, 6) is 0.308. The summed E-state index contributed by atoms with van der Waals surface area (Å²) < 4.78 is 0. The van der Waals surface area contributed by atoms with Crippen LogP contribution in [0.1, 0.15) is 0 Å². The molecule has 1 heterocycles. The van der Waals surface area contributed by atoms with Crippen LogP contribution in [0.4, 0.5) is 0 Å². The highest BCUT2D eigenvalue weighted by Crippen LogP contribution is 2.40. The Kier molecular flexibility index (Phi) is 1.98. The lowest BCUT2D eigenvalue weighted by molar-refractivity contribution is 0.339. The van der Waals surface area contributed by atoms with Gasteiger partial charge in [0.05, 0.1) is 6.61 Å². The normalized spacial score (nSPS) is 32.8. The van der Waals surface area contributed by atoms with E-state index in [1.54, 1.807) is 11.8 Å². The van der Waals surface area contributed by atoms with Gasteiger partial charge in [0, 0.05) is 21.8 Å². The van der Waals surface area contributed by atoms with E-state index in [2.05, 4.69) is 12.2 Å². The standard InChI is InChI=1S/C9H11NOS/c10-8-2-1-3-9-7(8)4-6(5-11)12-9/h1-4,7,9,11H,5,10H2. The Morgan fingerprint density at radius 3 is 3.08 bits per heavy atom. The van der Waals surface area contributed by atoms with Crippen LogP contribution < -0.4 is 5.73 Å². The Morgan fingerprint density at radius 1 is 1.58 bits per heavy atom. The van der Waals surface area contributed by atoms with Crippen molar-refractivity contribution in [3.8, 4) is 0 Å². The molecule has 0 saturated heterocycles. The minimum Gasteiger partial charge on any atom is -0.402 e. The van der Waals surface area contributed by atoms with Crippen molar-refractivity contribution in [3.63, 3.8) is 0 Å². The fraction of sp³-hybridized carbons (Fsp3) is 0.333. The van der Waals surface area contributed by atoms with Gasteiger partial charge >= 0.3 is 0 Å². The second-order valence-electron chi connectivity index (χ2n) is 2.95. The van der Waals surface area contributed by atoms with E-state index in [4.69, 9.17) is 10.8 Å². The number of thioether (sulfide) groups is 1. The van der Waals surface area contributed by atoms with Crippen LogP contribution in [0.2, 0.25) is 0 Å². The Bertz CT molecular complexity index is 280. The van der Waals surface area contributed by atoms with Crippen LogP contribution in [0.5, 0.6) is 0 Å². The van der Waals surface area contributed by atoms with Crippen molar-refractivity contribution in [3.05, 3.63) is 34.9 Å². The van der Waals surface area contributed by atoms with Gasteiger partial charge in [0.1, 0.15) is 0 Å². The van der Waals surface area contributed by atoms with Gasteiger partial charge < -0.3 is 10.8 Å². The molecule has 2 aliphatic rings. The van der Waals surface area contributed by atoms with Gasteiger partial charge in [-0.15, -0.1) is 11.8 Å². The molecule has 2 nitrogen and oxygen atoms in total. The number of fused-ring (bicyclic) bond motifs is 1. The van der Waals surface area contributed by atoms with Crippen LogP contribution in [-0.4, -0.2) is 17.0 Å². The summed E-state index contributed by atoms with van der Waals surface area (Å²) in [6.07, 6.45) is 8.10. The third-order valence-electron chi connectivity index (χ3n) is 2.14. The summed E-state index contributed by atoms with van der Waals surface area (Å²) in [5, 5.41) is 9.34. The van der Waals surface area contributed by atoms with Gasteiger partial charge in [-0.1, -0.05) is 18.2 Å². The van der Waals surface area contributed by atoms with Gasteiger partial charge in [0.25, 0.3) is 0 Å². The Balaban J connectivity index is 2.23. The molecule has 1 aliphatic carbocycles. The molecule has 0 aromatic rings. The van der Waals surface area contributed by atoms with Crippen LogP contribution in [-0.2, 0) is 0 Å². The minimum atomic E-state index is 0.138. The Morgan fingerprint density at radius 2 is 2.42 bits per heavy atom. The highest BCUT2D eigenvalue weighted by Gasteiger charge is 2.28. The van der Waals surface area contributed by atoms with E-state index in [0.29, 0.717) is 11.2 Å². The van der Waals surface area contributed by atoms with Crippen molar-refractivity contribution in [2.24, 2.45) is 11.7 Å². The van der Waals surface area contributed by atoms with Gasteiger partial charge in [0.15, 0.2) is 0 Å². The maximum atomic E-state index is 8.93. The molecule has 64 valence electrons. The van der Waals surface area contributed by atoms with Crippen LogP contribution in [0.3, 0.4) is 0 Å². The lowest BCUT2D eigenvalue weighted by atomic mass is 9.97. The highest BCUT2D eigenvalue weighted by molar-refractivity contribution is 8.04. The summed E-state index contributed by atoms with van der Waals surface area (Å²) in [6.45, 7) is 0.138. The third-order valence-corrected chi connectivity index (χ3v) is 3.43. The second kappa shape index (κ2) is 2.99. The maximum Gasteiger partial charge on any atom is 0.0737 e. The van der Waals surface area contributed by atoms with Gasteiger partial charge in [-0.25, -0.2) is 0 Å². The first kappa shape index (κ1) is 7.95. The number of aliphatic hydroxyl groups excluding tert-OH is 1. The van der Waals surface area contributed by atoms with E-state index >= 15 is 0 Å². The van der Waals surface area contributed by atoms with E-state index in [9.17, 15) is 0 Å². The number of nitrogens with two attached hydrogens (primary N) is 1. The molecule has 0 saturated carbocycles. The number of aliphatic hydroxyl groups is 1. The molecule has 2 atom stereocenters. The molecule has 2 unspecified atom stereocenters. The van der Waals surface area contributed by atoms with E-state index in [-0.39, 0.29) is 6.61 Å². The molecule has 0 amide bonds. The number of hydrogen-bond acceptors (Lipinski definition) is 3. The van der Waals surface area contributed by atoms with E-state index in [1.807, 2.05) is 12.2 Å². The summed E-state index contributed by atoms with van der Waals surface area (Å²) >= 11 is 1.70. The van der Waals surface area contributed by atoms with Gasteiger partial charge in [-0.2, -0.15) is 0 Å². The smallest absolute Gasteiger partial charge is 0.0737 e. The van der Waals surface area contributed by atoms with E-state index < -0.39 is 0 Å². The fourth-order valence-electron chi connectivity index (χ4n) is 1.50. The molecule has 2 rings (SSSR count). The number of allylic oxidation sites excluding steroid dienone is 3. The molecule has 3 heteroatoms. The zero-order chi connectivity index (χ0) is 8.55. The first-order chi connectivity index (χ1) is 5.81. The Hall–Kier alpha value is -0.670. The van der Waals surface area contributed by atoms with Crippen molar-refractivity contribution in [2.75, 3.05) is 6.61 Å². The van der Waals surface area contributed by atoms with Crippen LogP contribution in [0.25, 0.3) is 0 Å². The molecular weight excluding hydrogens is 170 g/mol. The first-order valence-electron chi connectivity index (χ1n) is 3.93. The van der Waals surface area contributed by atoms with Crippen LogP contribution >= 0.6 is 11.8 Å². The highest BCUT2D eigenvalue weighted by atomic mass is 32.2. The van der Waals surface area contributed by atoms with Crippen molar-refractivity contribution in [1.82, 2.24) is 0 Å². The summed E-state index contributed by atoms with van der Waals surface area (Å²) in [7, 11) is 0. The summed E-state index contributed by atoms with van der Waals surface area (Å²) in [4.78, 5) is 1.04. The monoisotopic (exact) mass is 181 g/mol. The molecule has 1 aliphatic heterocycles. The molecule has 0 aromatic carbocycles. The summed E-state index contributed by atoms with van der Waals surface area (Å²) in [5.41, 5.74) is 6.71. The number of hydrogen-bond donors (Lipinski definition) is 2. The maximum absolute atomic E-state index is 8.93. The third kappa shape index (κ3) is 1.19. The zero-order valence-electron chi connectivity index (χ0n) is 6.60. The predicted octanol–water partition coefficient (Wildman–Crippen LogP) is 1.01. The number of rotatable bonds is 1.